The Labute approximate surface area is 372 Å². The number of aliphatic hydroxyl groups excluding tert-OH is 7. The monoisotopic (exact) mass is 885 g/mol. The predicted octanol–water partition coefficient (Wildman–Crippen LogP) is 6.01. The standard InChI is InChI=1S/C48H84O14/c1-3-5-7-9-11-13-15-17-18-20-22-24-26-28-30-32-57-34-37(60-40(50)31-29-27-25-23-21-19-16-14-12-10-8-6-4-2)35-58-47-46(56)44(54)42(52)39(62-47)36-59-48-45(55)43(53)41(51)38(33-49)61-48/h6,8,12,14,19,21,25,27,37-39,41-49,51-56H,3-5,7,9-11,13,15-18,20,22-24,26,28-36H2,1-2H3/b8-6-,14-12-,21-19-,27-25-. The van der Waals surface area contributed by atoms with Crippen LogP contribution < -0.4 is 0 Å². The molecule has 2 fully saturated rings. The molecule has 2 heterocycles. The molecule has 0 aliphatic carbocycles. The van der Waals surface area contributed by atoms with Crippen LogP contribution in [0.25, 0.3) is 0 Å². The van der Waals surface area contributed by atoms with E-state index in [1.54, 1.807) is 0 Å². The highest BCUT2D eigenvalue weighted by Gasteiger charge is 2.47. The summed E-state index contributed by atoms with van der Waals surface area (Å²) in [6.45, 7) is 3.47. The van der Waals surface area contributed by atoms with Crippen molar-refractivity contribution in [3.8, 4) is 0 Å². The number of ether oxygens (including phenoxy) is 6. The van der Waals surface area contributed by atoms with Crippen LogP contribution in [-0.4, -0.2) is 142 Å². The van der Waals surface area contributed by atoms with Crippen molar-refractivity contribution in [2.45, 2.75) is 216 Å². The van der Waals surface area contributed by atoms with Gasteiger partial charge < -0.3 is 64.2 Å². The molecule has 2 rings (SSSR count). The van der Waals surface area contributed by atoms with Crippen molar-refractivity contribution in [3.63, 3.8) is 0 Å². The highest BCUT2D eigenvalue weighted by Crippen LogP contribution is 2.26. The predicted molar refractivity (Wildman–Crippen MR) is 238 cm³/mol. The van der Waals surface area contributed by atoms with Crippen molar-refractivity contribution in [3.05, 3.63) is 48.6 Å². The Kier molecular flexibility index (Phi) is 32.7. The van der Waals surface area contributed by atoms with E-state index in [2.05, 4.69) is 50.3 Å². The minimum Gasteiger partial charge on any atom is -0.457 e. The van der Waals surface area contributed by atoms with Crippen LogP contribution in [0.1, 0.15) is 149 Å². The van der Waals surface area contributed by atoms with Crippen molar-refractivity contribution >= 4 is 5.97 Å². The molecule has 14 nitrogen and oxygen atoms in total. The SMILES string of the molecule is CC/C=C\C/C=C\C/C=C\C/C=C\CCC(=O)OC(COCCCCCCCCCCCCCCCCC)COC1OC(COC2OC(CO)C(O)C(O)C2O)C(O)C(O)C1O. The minimum absolute atomic E-state index is 0.0337. The fourth-order valence-corrected chi connectivity index (χ4v) is 7.24. The molecule has 0 aromatic carbocycles. The second kappa shape index (κ2) is 36.2. The van der Waals surface area contributed by atoms with Gasteiger partial charge in [-0.15, -0.1) is 0 Å². The first-order chi connectivity index (χ1) is 30.1. The van der Waals surface area contributed by atoms with E-state index in [9.17, 15) is 40.5 Å². The lowest BCUT2D eigenvalue weighted by Gasteiger charge is -2.42. The maximum atomic E-state index is 12.9. The third kappa shape index (κ3) is 24.3. The van der Waals surface area contributed by atoms with Gasteiger partial charge in [-0.2, -0.15) is 0 Å². The zero-order chi connectivity index (χ0) is 45.2. The molecule has 2 saturated heterocycles. The molecule has 0 radical (unpaired) electrons. The summed E-state index contributed by atoms with van der Waals surface area (Å²) in [6, 6.07) is 0. The van der Waals surface area contributed by atoms with Gasteiger partial charge in [-0.1, -0.05) is 152 Å². The van der Waals surface area contributed by atoms with Gasteiger partial charge in [0.05, 0.1) is 26.4 Å². The Morgan fingerprint density at radius 2 is 1.02 bits per heavy atom. The van der Waals surface area contributed by atoms with E-state index in [4.69, 9.17) is 28.4 Å². The van der Waals surface area contributed by atoms with Crippen LogP contribution in [0.4, 0.5) is 0 Å². The zero-order valence-electron chi connectivity index (χ0n) is 37.8. The summed E-state index contributed by atoms with van der Waals surface area (Å²) in [6.07, 6.45) is 23.4. The average Bonchev–Trinajstić information content (AvgIpc) is 3.27. The van der Waals surface area contributed by atoms with Gasteiger partial charge in [0.15, 0.2) is 12.6 Å². The summed E-state index contributed by atoms with van der Waals surface area (Å²) in [4.78, 5) is 12.9. The van der Waals surface area contributed by atoms with E-state index >= 15 is 0 Å². The van der Waals surface area contributed by atoms with E-state index in [-0.39, 0.29) is 19.6 Å². The number of esters is 1. The second-order valence-electron chi connectivity index (χ2n) is 16.6. The highest BCUT2D eigenvalue weighted by atomic mass is 16.7. The van der Waals surface area contributed by atoms with Crippen LogP contribution in [0.15, 0.2) is 48.6 Å². The molecular formula is C48H84O14. The molecule has 0 amide bonds. The van der Waals surface area contributed by atoms with Crippen molar-refractivity contribution in [2.24, 2.45) is 0 Å². The van der Waals surface area contributed by atoms with Gasteiger partial charge in [0.1, 0.15) is 54.9 Å². The third-order valence-corrected chi connectivity index (χ3v) is 11.1. The van der Waals surface area contributed by atoms with E-state index in [1.807, 2.05) is 12.2 Å². The van der Waals surface area contributed by atoms with Crippen molar-refractivity contribution in [1.29, 1.82) is 0 Å². The Balaban J connectivity index is 1.83. The molecule has 2 aliphatic heterocycles. The molecule has 7 N–H and O–H groups in total. The van der Waals surface area contributed by atoms with Crippen LogP contribution in [0.2, 0.25) is 0 Å². The lowest BCUT2D eigenvalue weighted by molar-refractivity contribution is -0.332. The summed E-state index contributed by atoms with van der Waals surface area (Å²) >= 11 is 0. The molecule has 0 bridgehead atoms. The van der Waals surface area contributed by atoms with Gasteiger partial charge in [-0.25, -0.2) is 0 Å². The van der Waals surface area contributed by atoms with Gasteiger partial charge in [0, 0.05) is 13.0 Å². The van der Waals surface area contributed by atoms with Gasteiger partial charge in [-0.05, 0) is 38.5 Å². The number of hydrogen-bond acceptors (Lipinski definition) is 14. The average molecular weight is 885 g/mol. The fraction of sp³-hybridized carbons (Fsp3) is 0.812. The highest BCUT2D eigenvalue weighted by molar-refractivity contribution is 5.69. The third-order valence-electron chi connectivity index (χ3n) is 11.1. The largest absolute Gasteiger partial charge is 0.457 e. The quantitative estimate of drug-likeness (QED) is 0.0218. The number of unbranched alkanes of at least 4 members (excludes halogenated alkanes) is 14. The van der Waals surface area contributed by atoms with Crippen molar-refractivity contribution in [1.82, 2.24) is 0 Å². The molecule has 0 saturated carbocycles. The summed E-state index contributed by atoms with van der Waals surface area (Å²) < 4.78 is 34.1. The topological polar surface area (TPSA) is 214 Å². The first-order valence-electron chi connectivity index (χ1n) is 23.7. The van der Waals surface area contributed by atoms with E-state index < -0.39 is 86.7 Å². The minimum atomic E-state index is -1.72. The summed E-state index contributed by atoms with van der Waals surface area (Å²) in [5.74, 6) is -0.456. The second-order valence-corrected chi connectivity index (χ2v) is 16.6. The maximum Gasteiger partial charge on any atom is 0.306 e. The van der Waals surface area contributed by atoms with Crippen LogP contribution in [-0.2, 0) is 33.2 Å². The molecule has 14 heteroatoms. The Morgan fingerprint density at radius 3 is 1.55 bits per heavy atom. The summed E-state index contributed by atoms with van der Waals surface area (Å²) in [7, 11) is 0. The van der Waals surface area contributed by atoms with E-state index in [0.717, 1.165) is 44.9 Å². The van der Waals surface area contributed by atoms with E-state index in [1.165, 1.54) is 77.0 Å². The number of carbonyl (C=O) groups excluding carboxylic acids is 1. The Bertz CT molecular complexity index is 1210. The molecule has 0 aromatic rings. The van der Waals surface area contributed by atoms with Crippen molar-refractivity contribution in [2.75, 3.05) is 33.0 Å². The van der Waals surface area contributed by atoms with Gasteiger partial charge in [0.2, 0.25) is 0 Å². The van der Waals surface area contributed by atoms with Crippen LogP contribution in [0.5, 0.6) is 0 Å². The van der Waals surface area contributed by atoms with Crippen molar-refractivity contribution < 1.29 is 69.0 Å². The number of aliphatic hydroxyl groups is 7. The van der Waals surface area contributed by atoms with Crippen LogP contribution in [0.3, 0.4) is 0 Å². The molecule has 360 valence electrons. The molecule has 62 heavy (non-hydrogen) atoms. The molecular weight excluding hydrogens is 801 g/mol. The fourth-order valence-electron chi connectivity index (χ4n) is 7.24. The van der Waals surface area contributed by atoms with Crippen LogP contribution in [0, 0.1) is 0 Å². The van der Waals surface area contributed by atoms with Gasteiger partial charge in [-0.3, -0.25) is 4.79 Å². The Hall–Kier alpha value is -2.05. The number of carbonyl (C=O) groups is 1. The summed E-state index contributed by atoms with van der Waals surface area (Å²) in [5.41, 5.74) is 0. The van der Waals surface area contributed by atoms with E-state index in [0.29, 0.717) is 13.0 Å². The maximum absolute atomic E-state index is 12.9. The number of allylic oxidation sites excluding steroid dienone is 8. The number of rotatable bonds is 36. The lowest BCUT2D eigenvalue weighted by Crippen LogP contribution is -2.61. The molecule has 11 atom stereocenters. The Morgan fingerprint density at radius 1 is 0.548 bits per heavy atom. The molecule has 2 aliphatic rings. The number of hydrogen-bond donors (Lipinski definition) is 7. The van der Waals surface area contributed by atoms with Gasteiger partial charge in [0.25, 0.3) is 0 Å². The molecule has 0 aromatic heterocycles. The molecule has 11 unspecified atom stereocenters. The smallest absolute Gasteiger partial charge is 0.306 e. The first kappa shape index (κ1) is 56.1. The summed E-state index contributed by atoms with van der Waals surface area (Å²) in [5, 5.41) is 71.9. The van der Waals surface area contributed by atoms with Crippen LogP contribution >= 0.6 is 0 Å². The van der Waals surface area contributed by atoms with Gasteiger partial charge >= 0.3 is 5.97 Å². The first-order valence-corrected chi connectivity index (χ1v) is 23.7. The molecule has 0 spiro atoms. The lowest BCUT2D eigenvalue weighted by atomic mass is 9.98. The normalized spacial score (nSPS) is 27.6. The zero-order valence-corrected chi connectivity index (χ0v) is 37.8.